The molecule has 0 fully saturated rings. The first-order valence-electron chi connectivity index (χ1n) is 11.6. The number of nitrogens with one attached hydrogen (secondary N) is 2. The van der Waals surface area contributed by atoms with Crippen LogP contribution in [0, 0.1) is 0 Å². The lowest BCUT2D eigenvalue weighted by Crippen LogP contribution is -2.30. The van der Waals surface area contributed by atoms with E-state index in [0.29, 0.717) is 27.4 Å². The molecule has 0 aromatic heterocycles. The van der Waals surface area contributed by atoms with E-state index < -0.39 is 11.8 Å². The number of anilines is 1. The first-order chi connectivity index (χ1) is 18.4. The Morgan fingerprint density at radius 3 is 2.03 bits per heavy atom. The summed E-state index contributed by atoms with van der Waals surface area (Å²) >= 11 is 12.4. The Hall–Kier alpha value is -4.45. The van der Waals surface area contributed by atoms with E-state index in [1.165, 1.54) is 12.2 Å². The molecule has 0 bridgehead atoms. The molecule has 188 valence electrons. The maximum atomic E-state index is 13.2. The zero-order valence-electron chi connectivity index (χ0n) is 20.0. The van der Waals surface area contributed by atoms with Crippen molar-refractivity contribution >= 4 is 58.6 Å². The summed E-state index contributed by atoms with van der Waals surface area (Å²) in [5.41, 5.74) is 2.64. The summed E-state index contributed by atoms with van der Waals surface area (Å²) in [7, 11) is 0. The van der Waals surface area contributed by atoms with Crippen molar-refractivity contribution in [1.29, 1.82) is 0 Å². The van der Waals surface area contributed by atoms with Crippen LogP contribution >= 0.6 is 23.2 Å². The average Bonchev–Trinajstić information content (AvgIpc) is 2.95. The van der Waals surface area contributed by atoms with Gasteiger partial charge < -0.3 is 10.6 Å². The van der Waals surface area contributed by atoms with Crippen molar-refractivity contribution in [2.24, 2.45) is 0 Å². The van der Waals surface area contributed by atoms with Gasteiger partial charge >= 0.3 is 0 Å². The van der Waals surface area contributed by atoms with Crippen LogP contribution in [0.5, 0.6) is 0 Å². The van der Waals surface area contributed by atoms with Gasteiger partial charge in [-0.05, 0) is 65.7 Å². The van der Waals surface area contributed by atoms with Gasteiger partial charge in [0.05, 0.1) is 10.0 Å². The number of allylic oxidation sites excluding steroid dienone is 1. The molecule has 7 heteroatoms. The van der Waals surface area contributed by atoms with Crippen LogP contribution in [-0.4, -0.2) is 17.6 Å². The fraction of sp³-hybridized carbons (Fsp3) is 0. The van der Waals surface area contributed by atoms with Gasteiger partial charge in [-0.1, -0.05) is 89.9 Å². The Labute approximate surface area is 230 Å². The van der Waals surface area contributed by atoms with Crippen molar-refractivity contribution in [3.63, 3.8) is 0 Å². The van der Waals surface area contributed by atoms with Gasteiger partial charge in [-0.15, -0.1) is 0 Å². The molecule has 5 nitrogen and oxygen atoms in total. The number of benzene rings is 4. The lowest BCUT2D eigenvalue weighted by molar-refractivity contribution is -0.113. The molecule has 0 aliphatic heterocycles. The smallest absolute Gasteiger partial charge is 0.272 e. The molecule has 0 spiro atoms. The zero-order chi connectivity index (χ0) is 26.9. The minimum absolute atomic E-state index is 0.0334. The molecule has 2 N–H and O–H groups in total. The predicted molar refractivity (Wildman–Crippen MR) is 153 cm³/mol. The van der Waals surface area contributed by atoms with Crippen LogP contribution in [0.1, 0.15) is 31.8 Å². The van der Waals surface area contributed by atoms with E-state index in [9.17, 15) is 14.4 Å². The Morgan fingerprint density at radius 2 is 1.34 bits per heavy atom. The lowest BCUT2D eigenvalue weighted by Gasteiger charge is -2.12. The quantitative estimate of drug-likeness (QED) is 0.182. The normalized spacial score (nSPS) is 11.3. The number of rotatable bonds is 8. The van der Waals surface area contributed by atoms with Crippen LogP contribution < -0.4 is 10.6 Å². The van der Waals surface area contributed by atoms with Crippen molar-refractivity contribution in [2.75, 3.05) is 5.32 Å². The molecular weight excluding hydrogens is 519 g/mol. The standard InChI is InChI=1S/C31H22Cl2N2O3/c32-26-13-7-12-24(29(26)33)20-27(35-30(37)23-10-5-2-6-11-23)31(38)34-25-17-15-22(16-18-25)28(36)19-14-21-8-3-1-4-9-21/h1-20H,(H,34,38)(H,35,37)/b19-14+,27-20-. The summed E-state index contributed by atoms with van der Waals surface area (Å²) in [5.74, 6) is -1.21. The molecule has 4 aromatic rings. The molecule has 0 heterocycles. The molecule has 0 saturated carbocycles. The summed E-state index contributed by atoms with van der Waals surface area (Å²) in [6.45, 7) is 0. The first-order valence-corrected chi connectivity index (χ1v) is 12.4. The maximum absolute atomic E-state index is 13.2. The summed E-state index contributed by atoms with van der Waals surface area (Å²) in [5, 5.41) is 5.97. The van der Waals surface area contributed by atoms with Crippen LogP contribution in [0.4, 0.5) is 5.69 Å². The third kappa shape index (κ3) is 7.07. The maximum Gasteiger partial charge on any atom is 0.272 e. The SMILES string of the molecule is O=C(Nc1ccc(C(=O)/C=C/c2ccccc2)cc1)/C(=C/c1cccc(Cl)c1Cl)NC(=O)c1ccccc1. The van der Waals surface area contributed by atoms with Crippen LogP contribution in [-0.2, 0) is 4.79 Å². The van der Waals surface area contributed by atoms with Crippen molar-refractivity contribution in [3.05, 3.63) is 147 Å². The second-order valence-corrected chi connectivity index (χ2v) is 8.95. The molecule has 38 heavy (non-hydrogen) atoms. The fourth-order valence-corrected chi connectivity index (χ4v) is 3.84. The first kappa shape index (κ1) is 26.6. The largest absolute Gasteiger partial charge is 0.321 e. The molecule has 0 aliphatic rings. The zero-order valence-corrected chi connectivity index (χ0v) is 21.5. The van der Waals surface area contributed by atoms with Gasteiger partial charge in [0.25, 0.3) is 11.8 Å². The van der Waals surface area contributed by atoms with Crippen molar-refractivity contribution < 1.29 is 14.4 Å². The number of ketones is 1. The molecule has 0 aliphatic carbocycles. The second-order valence-electron chi connectivity index (χ2n) is 8.16. The monoisotopic (exact) mass is 540 g/mol. The minimum atomic E-state index is -0.576. The predicted octanol–water partition coefficient (Wildman–Crippen LogP) is 7.30. The van der Waals surface area contributed by atoms with Crippen molar-refractivity contribution in [1.82, 2.24) is 5.32 Å². The lowest BCUT2D eigenvalue weighted by atomic mass is 10.1. The van der Waals surface area contributed by atoms with E-state index >= 15 is 0 Å². The summed E-state index contributed by atoms with van der Waals surface area (Å²) < 4.78 is 0. The number of halogens is 2. The Kier molecular flexibility index (Phi) is 8.88. The van der Waals surface area contributed by atoms with Gasteiger partial charge in [0.2, 0.25) is 0 Å². The van der Waals surface area contributed by atoms with E-state index in [1.54, 1.807) is 78.9 Å². The fourth-order valence-electron chi connectivity index (χ4n) is 3.48. The third-order valence-electron chi connectivity index (χ3n) is 5.46. The van der Waals surface area contributed by atoms with E-state index in [2.05, 4.69) is 10.6 Å². The third-order valence-corrected chi connectivity index (χ3v) is 6.30. The second kappa shape index (κ2) is 12.7. The van der Waals surface area contributed by atoms with E-state index in [-0.39, 0.29) is 16.5 Å². The van der Waals surface area contributed by atoms with E-state index in [0.717, 1.165) is 5.56 Å². The number of hydrogen-bond acceptors (Lipinski definition) is 3. The summed E-state index contributed by atoms with van der Waals surface area (Å²) in [6.07, 6.45) is 4.69. The van der Waals surface area contributed by atoms with Gasteiger partial charge in [0.1, 0.15) is 5.70 Å². The van der Waals surface area contributed by atoms with Gasteiger partial charge in [0, 0.05) is 16.8 Å². The number of carbonyl (C=O) groups is 3. The van der Waals surface area contributed by atoms with Gasteiger partial charge in [-0.25, -0.2) is 0 Å². The topological polar surface area (TPSA) is 75.3 Å². The summed E-state index contributed by atoms with van der Waals surface area (Å²) in [4.78, 5) is 38.5. The van der Waals surface area contributed by atoms with Gasteiger partial charge in [0.15, 0.2) is 5.78 Å². The average molecular weight is 541 g/mol. The molecule has 4 rings (SSSR count). The number of hydrogen-bond donors (Lipinski definition) is 2. The molecule has 0 atom stereocenters. The molecule has 0 unspecified atom stereocenters. The molecule has 4 aromatic carbocycles. The van der Waals surface area contributed by atoms with Crippen LogP contribution in [0.15, 0.2) is 115 Å². The molecule has 0 saturated heterocycles. The molecular formula is C31H22Cl2N2O3. The Bertz CT molecular complexity index is 1510. The highest BCUT2D eigenvalue weighted by molar-refractivity contribution is 6.43. The van der Waals surface area contributed by atoms with Crippen LogP contribution in [0.3, 0.4) is 0 Å². The highest BCUT2D eigenvalue weighted by atomic mass is 35.5. The highest BCUT2D eigenvalue weighted by Gasteiger charge is 2.16. The Balaban J connectivity index is 1.53. The minimum Gasteiger partial charge on any atom is -0.321 e. The van der Waals surface area contributed by atoms with Crippen molar-refractivity contribution in [3.8, 4) is 0 Å². The van der Waals surface area contributed by atoms with Gasteiger partial charge in [-0.3, -0.25) is 14.4 Å². The van der Waals surface area contributed by atoms with Gasteiger partial charge in [-0.2, -0.15) is 0 Å². The van der Waals surface area contributed by atoms with Crippen LogP contribution in [0.2, 0.25) is 10.0 Å². The Morgan fingerprint density at radius 1 is 0.684 bits per heavy atom. The van der Waals surface area contributed by atoms with E-state index in [1.807, 2.05) is 30.3 Å². The van der Waals surface area contributed by atoms with Crippen molar-refractivity contribution in [2.45, 2.75) is 0 Å². The number of carbonyl (C=O) groups excluding carboxylic acids is 3. The van der Waals surface area contributed by atoms with E-state index in [4.69, 9.17) is 23.2 Å². The highest BCUT2D eigenvalue weighted by Crippen LogP contribution is 2.27. The number of amides is 2. The summed E-state index contributed by atoms with van der Waals surface area (Å²) in [6, 6.07) is 29.5. The molecule has 0 radical (unpaired) electrons. The molecule has 2 amide bonds. The van der Waals surface area contributed by atoms with Crippen LogP contribution in [0.25, 0.3) is 12.2 Å².